The second-order valence-electron chi connectivity index (χ2n) is 0. The molecule has 0 aliphatic carbocycles. The summed E-state index contributed by atoms with van der Waals surface area (Å²) >= 11 is 0. The first-order valence-electron chi connectivity index (χ1n) is 0. The van der Waals surface area contributed by atoms with Gasteiger partial charge in [0.1, 0.15) is 0 Å². The fraction of sp³-hybridized carbons (Fsp3) is 0. The summed E-state index contributed by atoms with van der Waals surface area (Å²) in [4.78, 5) is 0. The Kier molecular flexibility index (Phi) is 4770. The van der Waals surface area contributed by atoms with Crippen LogP contribution >= 0.6 is 0 Å². The second kappa shape index (κ2) is 149. The van der Waals surface area contributed by atoms with E-state index >= 15 is 0 Å². The predicted molar refractivity (Wildman–Crippen MR) is 68.0 cm³/mol. The molecule has 0 bridgehead atoms. The monoisotopic (exact) mass is 328 g/mol. The predicted octanol–water partition coefficient (Wildman–Crippen LogP) is -8.71. The molecule has 0 heterocycles. The van der Waals surface area contributed by atoms with Crippen LogP contribution in [0.4, 0.5) is 0 Å². The molecule has 0 aliphatic rings. The second-order valence-corrected chi connectivity index (χ2v) is 0. The van der Waals surface area contributed by atoms with Crippen molar-refractivity contribution in [3.8, 4) is 0 Å². The average Bonchev–Trinajstić information content (AvgIpc) is 0. The standard InChI is InChI=1S/6BH4.U/h6*1H4;/q6*-1;. The molecule has 0 rings (SSSR count). The van der Waals surface area contributed by atoms with Crippen LogP contribution in [0.1, 0.15) is 0 Å². The molecule has 0 N–H and O–H groups in total. The molecule has 0 atom stereocenters. The van der Waals surface area contributed by atoms with E-state index in [1.54, 1.807) is 0 Å². The third kappa shape index (κ3) is 106. The minimum absolute atomic E-state index is 0. The topological polar surface area (TPSA) is 0 Å². The van der Waals surface area contributed by atoms with E-state index in [1.165, 1.54) is 0 Å². The molecule has 52 valence electrons. The number of hydrogen-bond acceptors (Lipinski definition) is 0. The molecule has 7 heteroatoms. The van der Waals surface area contributed by atoms with Crippen molar-refractivity contribution < 1.29 is 31.1 Å². The Labute approximate surface area is 81.2 Å². The molecule has 0 fully saturated rings. The van der Waals surface area contributed by atoms with Gasteiger partial charge in [-0.15, -0.1) is 0 Å². The van der Waals surface area contributed by atoms with Crippen molar-refractivity contribution in [1.82, 2.24) is 0 Å². The molecule has 0 radical (unpaired) electrons. The van der Waals surface area contributed by atoms with Gasteiger partial charge in [0.2, 0.25) is 0 Å². The van der Waals surface area contributed by atoms with Crippen molar-refractivity contribution >= 4 is 50.5 Å². The van der Waals surface area contributed by atoms with Crippen LogP contribution in [-0.4, -0.2) is 50.5 Å². The van der Waals surface area contributed by atoms with Crippen molar-refractivity contribution in [3.63, 3.8) is 0 Å². The molecule has 7 heavy (non-hydrogen) atoms. The van der Waals surface area contributed by atoms with Crippen molar-refractivity contribution in [2.75, 3.05) is 0 Å². The molecule has 0 aromatic heterocycles. The maximum atomic E-state index is 0. The SMILES string of the molecule is [BH4-].[BH4-].[BH4-].[BH4-].[BH4-].[BH4-].[U]. The fourth-order valence-corrected chi connectivity index (χ4v) is 0. The average molecular weight is 327 g/mol. The molecule has 0 aromatic carbocycles. The summed E-state index contributed by atoms with van der Waals surface area (Å²) in [6.45, 7) is 0. The number of hydrogen-bond donors (Lipinski definition) is 0. The third-order valence-corrected chi connectivity index (χ3v) is 0. The molecule has 0 spiro atoms. The minimum Gasteiger partial charge on any atom is -0.0626 e. The maximum Gasteiger partial charge on any atom is 0 e. The van der Waals surface area contributed by atoms with Gasteiger partial charge in [-0.25, -0.2) is 0 Å². The summed E-state index contributed by atoms with van der Waals surface area (Å²) in [6, 6.07) is 0. The van der Waals surface area contributed by atoms with E-state index in [9.17, 15) is 0 Å². The van der Waals surface area contributed by atoms with E-state index < -0.39 is 0 Å². The molecule has 0 aromatic rings. The molecule has 0 aliphatic heterocycles. The molecular weight excluding hydrogens is 303 g/mol. The normalized spacial score (nSPS) is 0. The number of rotatable bonds is 0. The summed E-state index contributed by atoms with van der Waals surface area (Å²) in [5, 5.41) is 0. The van der Waals surface area contributed by atoms with Crippen LogP contribution in [-0.2, 0) is 0 Å². The van der Waals surface area contributed by atoms with Crippen LogP contribution in [0.2, 0.25) is 0 Å². The quantitative estimate of drug-likeness (QED) is 0.388. The minimum atomic E-state index is 0. The molecule has 0 saturated heterocycles. The van der Waals surface area contributed by atoms with Gasteiger partial charge in [0.15, 0.2) is 0 Å². The van der Waals surface area contributed by atoms with Gasteiger partial charge < -0.3 is 0 Å². The third-order valence-electron chi connectivity index (χ3n) is 0. The van der Waals surface area contributed by atoms with Gasteiger partial charge >= 0.3 is 0 Å². The van der Waals surface area contributed by atoms with Crippen LogP contribution in [0, 0.1) is 31.1 Å². The van der Waals surface area contributed by atoms with Crippen molar-refractivity contribution in [2.24, 2.45) is 0 Å². The van der Waals surface area contributed by atoms with Gasteiger partial charge in [-0.2, -0.15) is 0 Å². The Balaban J connectivity index is 0. The summed E-state index contributed by atoms with van der Waals surface area (Å²) in [5.74, 6) is 0. The Morgan fingerprint density at radius 3 is 0.286 bits per heavy atom. The smallest absolute Gasteiger partial charge is 0 e. The van der Waals surface area contributed by atoms with E-state index in [-0.39, 0.29) is 81.6 Å². The van der Waals surface area contributed by atoms with Gasteiger partial charge in [0, 0.05) is 31.1 Å². The van der Waals surface area contributed by atoms with Crippen LogP contribution in [0.25, 0.3) is 0 Å². The first-order chi connectivity index (χ1) is 0. The first kappa shape index (κ1) is 225. The van der Waals surface area contributed by atoms with Crippen molar-refractivity contribution in [3.05, 3.63) is 0 Å². The molecule has 0 saturated carbocycles. The molecule has 0 unspecified atom stereocenters. The van der Waals surface area contributed by atoms with Gasteiger partial charge in [0.05, 0.1) is 0 Å². The van der Waals surface area contributed by atoms with Gasteiger partial charge in [-0.05, 0) is 0 Å². The van der Waals surface area contributed by atoms with E-state index in [0.29, 0.717) is 0 Å². The van der Waals surface area contributed by atoms with E-state index in [2.05, 4.69) is 0 Å². The van der Waals surface area contributed by atoms with Crippen molar-refractivity contribution in [1.29, 1.82) is 0 Å². The van der Waals surface area contributed by atoms with E-state index in [0.717, 1.165) is 0 Å². The Morgan fingerprint density at radius 2 is 0.286 bits per heavy atom. The van der Waals surface area contributed by atoms with Crippen LogP contribution < -0.4 is 0 Å². The molecule has 0 amide bonds. The summed E-state index contributed by atoms with van der Waals surface area (Å²) in [5.41, 5.74) is 0. The summed E-state index contributed by atoms with van der Waals surface area (Å²) < 4.78 is 0. The summed E-state index contributed by atoms with van der Waals surface area (Å²) in [7, 11) is 0. The van der Waals surface area contributed by atoms with Crippen LogP contribution in [0.3, 0.4) is 0 Å². The Hall–Kier alpha value is 1.44. The van der Waals surface area contributed by atoms with Crippen LogP contribution in [0.5, 0.6) is 0 Å². The first-order valence-corrected chi connectivity index (χ1v) is 0. The van der Waals surface area contributed by atoms with Crippen LogP contribution in [0.15, 0.2) is 0 Å². The zero-order valence-corrected chi connectivity index (χ0v) is 4.66. The molecule has 0 nitrogen and oxygen atoms in total. The Bertz CT molecular complexity index is 4.14. The van der Waals surface area contributed by atoms with Gasteiger partial charge in [-0.1, -0.05) is 50.5 Å². The maximum absolute atomic E-state index is 0. The fourth-order valence-electron chi connectivity index (χ4n) is 0. The Morgan fingerprint density at radius 1 is 0.286 bits per heavy atom. The zero-order valence-electron chi connectivity index (χ0n) is 0.500. The van der Waals surface area contributed by atoms with Crippen molar-refractivity contribution in [2.45, 2.75) is 0 Å². The van der Waals surface area contributed by atoms with E-state index in [4.69, 9.17) is 0 Å². The van der Waals surface area contributed by atoms with E-state index in [1.807, 2.05) is 0 Å². The molecular formula is H24B6U-6. The zero-order chi connectivity index (χ0) is 0. The summed E-state index contributed by atoms with van der Waals surface area (Å²) in [6.07, 6.45) is 0. The largest absolute Gasteiger partial charge is 0.0626 e. The van der Waals surface area contributed by atoms with Gasteiger partial charge in [-0.3, -0.25) is 0 Å². The van der Waals surface area contributed by atoms with Gasteiger partial charge in [0.25, 0.3) is 0 Å².